The highest BCUT2D eigenvalue weighted by atomic mass is 35.5. The highest BCUT2D eigenvalue weighted by Crippen LogP contribution is 2.25. The van der Waals surface area contributed by atoms with Gasteiger partial charge in [0, 0.05) is 28.7 Å². The van der Waals surface area contributed by atoms with Gasteiger partial charge in [-0.05, 0) is 62.1 Å². The summed E-state index contributed by atoms with van der Waals surface area (Å²) in [5.41, 5.74) is 0.977. The Bertz CT molecular complexity index is 988. The van der Waals surface area contributed by atoms with Crippen LogP contribution in [-0.4, -0.2) is 36.8 Å². The van der Waals surface area contributed by atoms with Crippen molar-refractivity contribution in [2.75, 3.05) is 0 Å². The lowest BCUT2D eigenvalue weighted by atomic mass is 10.0. The van der Waals surface area contributed by atoms with E-state index in [1.165, 1.54) is 4.90 Å². The highest BCUT2D eigenvalue weighted by molar-refractivity contribution is 7.03. The van der Waals surface area contributed by atoms with Gasteiger partial charge in [0.05, 0.1) is 5.69 Å². The topological polar surface area (TPSA) is 88.1 Å². The number of nitrogens with one attached hydrogen (secondary N) is 1. The Kier molecular flexibility index (Phi) is 6.79. The van der Waals surface area contributed by atoms with E-state index in [0.717, 1.165) is 17.1 Å². The van der Waals surface area contributed by atoms with Crippen LogP contribution < -0.4 is 5.32 Å². The third-order valence-electron chi connectivity index (χ3n) is 4.13. The second kappa shape index (κ2) is 9.32. The van der Waals surface area contributed by atoms with E-state index in [1.807, 2.05) is 32.9 Å². The van der Waals surface area contributed by atoms with Gasteiger partial charge >= 0.3 is 0 Å². The van der Waals surface area contributed by atoms with E-state index < -0.39 is 17.5 Å². The van der Waals surface area contributed by atoms with E-state index in [2.05, 4.69) is 19.9 Å². The van der Waals surface area contributed by atoms with E-state index in [1.54, 1.807) is 41.9 Å². The summed E-state index contributed by atoms with van der Waals surface area (Å²) in [5.74, 6) is -0.731. The first-order chi connectivity index (χ1) is 14.2. The number of pyridine rings is 1. The lowest BCUT2D eigenvalue weighted by Crippen LogP contribution is -2.49. The van der Waals surface area contributed by atoms with Crippen molar-refractivity contribution in [1.82, 2.24) is 24.8 Å². The smallest absolute Gasteiger partial charge is 0.276 e. The number of hydrogen-bond acceptors (Lipinski definition) is 6. The molecular formula is C21H22ClN5O2S. The highest BCUT2D eigenvalue weighted by Gasteiger charge is 2.35. The molecule has 0 radical (unpaired) electrons. The molecule has 1 N–H and O–H groups in total. The molecule has 0 saturated carbocycles. The van der Waals surface area contributed by atoms with Crippen molar-refractivity contribution in [3.63, 3.8) is 0 Å². The molecule has 0 bridgehead atoms. The zero-order valence-corrected chi connectivity index (χ0v) is 18.4. The lowest BCUT2D eigenvalue weighted by Gasteiger charge is -2.32. The molecule has 0 aliphatic heterocycles. The molecule has 0 fully saturated rings. The number of hydrogen-bond donors (Lipinski definition) is 1. The van der Waals surface area contributed by atoms with Crippen LogP contribution in [0.4, 0.5) is 0 Å². The Balaban J connectivity index is 2.06. The minimum atomic E-state index is -0.949. The van der Waals surface area contributed by atoms with Gasteiger partial charge in [0.1, 0.15) is 0 Å². The molecule has 0 aliphatic carbocycles. The van der Waals surface area contributed by atoms with Gasteiger partial charge in [0.15, 0.2) is 11.7 Å². The van der Waals surface area contributed by atoms with Gasteiger partial charge in [-0.25, -0.2) is 0 Å². The maximum absolute atomic E-state index is 13.4. The zero-order chi connectivity index (χ0) is 21.7. The van der Waals surface area contributed by atoms with Crippen molar-refractivity contribution in [2.24, 2.45) is 0 Å². The predicted molar refractivity (Wildman–Crippen MR) is 116 cm³/mol. The van der Waals surface area contributed by atoms with Crippen molar-refractivity contribution in [1.29, 1.82) is 0 Å². The number of nitrogens with zero attached hydrogens (tertiary/aromatic N) is 4. The first kappa shape index (κ1) is 21.9. The van der Waals surface area contributed by atoms with Crippen LogP contribution in [0.1, 0.15) is 48.6 Å². The first-order valence-electron chi connectivity index (χ1n) is 9.30. The van der Waals surface area contributed by atoms with E-state index in [0.29, 0.717) is 10.7 Å². The molecule has 0 unspecified atom stereocenters. The van der Waals surface area contributed by atoms with Crippen LogP contribution in [0.2, 0.25) is 5.02 Å². The predicted octanol–water partition coefficient (Wildman–Crippen LogP) is 3.88. The summed E-state index contributed by atoms with van der Waals surface area (Å²) in [6.07, 6.45) is 1.60. The molecule has 1 aromatic carbocycles. The second-order valence-electron chi connectivity index (χ2n) is 7.75. The summed E-state index contributed by atoms with van der Waals surface area (Å²) >= 11 is 7.08. The molecule has 30 heavy (non-hydrogen) atoms. The maximum atomic E-state index is 13.4. The minimum absolute atomic E-state index is 0.173. The van der Waals surface area contributed by atoms with Crippen LogP contribution in [-0.2, 0) is 11.3 Å². The Morgan fingerprint density at radius 1 is 1.17 bits per heavy atom. The normalized spacial score (nSPS) is 12.3. The van der Waals surface area contributed by atoms with Crippen molar-refractivity contribution < 1.29 is 9.59 Å². The van der Waals surface area contributed by atoms with Crippen molar-refractivity contribution in [3.8, 4) is 0 Å². The molecule has 9 heteroatoms. The summed E-state index contributed by atoms with van der Waals surface area (Å²) in [5, 5.41) is 9.03. The Labute approximate surface area is 184 Å². The number of rotatable bonds is 6. The second-order valence-corrected chi connectivity index (χ2v) is 8.79. The van der Waals surface area contributed by atoms with Gasteiger partial charge < -0.3 is 10.2 Å². The van der Waals surface area contributed by atoms with Crippen LogP contribution in [0.5, 0.6) is 0 Å². The molecule has 7 nitrogen and oxygen atoms in total. The van der Waals surface area contributed by atoms with E-state index >= 15 is 0 Å². The van der Waals surface area contributed by atoms with E-state index in [9.17, 15) is 9.59 Å². The third-order valence-corrected chi connectivity index (χ3v) is 4.89. The van der Waals surface area contributed by atoms with Crippen molar-refractivity contribution in [3.05, 3.63) is 76.0 Å². The molecule has 3 aromatic rings. The van der Waals surface area contributed by atoms with Crippen molar-refractivity contribution in [2.45, 2.75) is 38.9 Å². The molecule has 0 aliphatic rings. The number of carbonyl (C=O) groups is 2. The molecule has 0 saturated heterocycles. The fourth-order valence-corrected chi connectivity index (χ4v) is 3.44. The summed E-state index contributed by atoms with van der Waals surface area (Å²) in [6.45, 7) is 5.83. The van der Waals surface area contributed by atoms with Gasteiger partial charge in [-0.2, -0.15) is 0 Å². The quantitative estimate of drug-likeness (QED) is 0.624. The summed E-state index contributed by atoms with van der Waals surface area (Å²) < 4.78 is 3.79. The number of benzene rings is 1. The van der Waals surface area contributed by atoms with Crippen LogP contribution in [0.3, 0.4) is 0 Å². The largest absolute Gasteiger partial charge is 0.349 e. The fourth-order valence-electron chi connectivity index (χ4n) is 2.88. The number of aromatic nitrogens is 3. The standard InChI is InChI=1S/C21H22ClN5O2S/c1-21(2,3)24-19(28)18(16-6-4-5-11-23-16)27(20(29)17-13-30-26-25-17)12-14-7-9-15(22)10-8-14/h4-11,13,18H,12H2,1-3H3,(H,24,28)/t18-/m1/s1. The summed E-state index contributed by atoms with van der Waals surface area (Å²) in [6, 6.07) is 11.5. The summed E-state index contributed by atoms with van der Waals surface area (Å²) in [7, 11) is 0. The molecule has 3 rings (SSSR count). The monoisotopic (exact) mass is 443 g/mol. The molecule has 156 valence electrons. The van der Waals surface area contributed by atoms with Gasteiger partial charge in [0.2, 0.25) is 5.91 Å². The minimum Gasteiger partial charge on any atom is -0.349 e. The maximum Gasteiger partial charge on any atom is 0.276 e. The molecule has 2 amide bonds. The average Bonchev–Trinajstić information content (AvgIpc) is 3.23. The van der Waals surface area contributed by atoms with Gasteiger partial charge in [0.25, 0.3) is 5.91 Å². The number of amides is 2. The Morgan fingerprint density at radius 3 is 2.47 bits per heavy atom. The van der Waals surface area contributed by atoms with E-state index in [4.69, 9.17) is 11.6 Å². The Morgan fingerprint density at radius 2 is 1.90 bits per heavy atom. The van der Waals surface area contributed by atoms with Gasteiger partial charge in [-0.1, -0.05) is 34.3 Å². The van der Waals surface area contributed by atoms with Crippen LogP contribution in [0.15, 0.2) is 54.0 Å². The third kappa shape index (κ3) is 5.61. The average molecular weight is 444 g/mol. The van der Waals surface area contributed by atoms with E-state index in [-0.39, 0.29) is 18.1 Å². The van der Waals surface area contributed by atoms with Gasteiger partial charge in [-0.15, -0.1) is 5.10 Å². The SMILES string of the molecule is CC(C)(C)NC(=O)[C@@H](c1ccccn1)N(Cc1ccc(Cl)cc1)C(=O)c1csnn1. The van der Waals surface area contributed by atoms with Crippen LogP contribution >= 0.6 is 23.1 Å². The zero-order valence-electron chi connectivity index (χ0n) is 16.9. The first-order valence-corrected chi connectivity index (χ1v) is 10.5. The van der Waals surface area contributed by atoms with Crippen LogP contribution in [0, 0.1) is 0 Å². The molecule has 0 spiro atoms. The Hall–Kier alpha value is -2.84. The number of halogens is 1. The molecule has 2 heterocycles. The van der Waals surface area contributed by atoms with Crippen molar-refractivity contribution >= 4 is 34.9 Å². The van der Waals surface area contributed by atoms with Gasteiger partial charge in [-0.3, -0.25) is 14.6 Å². The lowest BCUT2D eigenvalue weighted by molar-refractivity contribution is -0.127. The number of carbonyl (C=O) groups excluding carboxylic acids is 2. The molecular weight excluding hydrogens is 422 g/mol. The fraction of sp³-hybridized carbons (Fsp3) is 0.286. The summed E-state index contributed by atoms with van der Waals surface area (Å²) in [4.78, 5) is 32.5. The molecule has 1 atom stereocenters. The van der Waals surface area contributed by atoms with Crippen LogP contribution in [0.25, 0.3) is 0 Å². The molecule has 2 aromatic heterocycles.